The van der Waals surface area contributed by atoms with Gasteiger partial charge < -0.3 is 9.32 Å². The minimum Gasteiger partial charge on any atom is -0.419 e. The van der Waals surface area contributed by atoms with Crippen LogP contribution < -0.4 is 0 Å². The van der Waals surface area contributed by atoms with Gasteiger partial charge in [-0.05, 0) is 42.3 Å². The molecule has 0 atom stereocenters. The first-order chi connectivity index (χ1) is 13.6. The quantitative estimate of drug-likeness (QED) is 0.525. The van der Waals surface area contributed by atoms with Gasteiger partial charge >= 0.3 is 0 Å². The van der Waals surface area contributed by atoms with E-state index in [9.17, 15) is 9.18 Å². The molecule has 3 rings (SSSR count). The van der Waals surface area contributed by atoms with Gasteiger partial charge in [0.1, 0.15) is 5.82 Å². The van der Waals surface area contributed by atoms with E-state index in [1.807, 2.05) is 19.1 Å². The fourth-order valence-corrected chi connectivity index (χ4v) is 2.86. The monoisotopic (exact) mass is 399 g/mol. The van der Waals surface area contributed by atoms with Crippen molar-refractivity contribution in [1.29, 1.82) is 0 Å². The second kappa shape index (κ2) is 9.28. The normalized spacial score (nSPS) is 11.1. The van der Waals surface area contributed by atoms with Crippen molar-refractivity contribution in [3.8, 4) is 11.5 Å². The highest BCUT2D eigenvalue weighted by Gasteiger charge is 2.16. The van der Waals surface area contributed by atoms with E-state index in [2.05, 4.69) is 10.2 Å². The summed E-state index contributed by atoms with van der Waals surface area (Å²) >= 11 is 6.16. The number of nitrogens with zero attached hydrogens (tertiary/aromatic N) is 3. The van der Waals surface area contributed by atoms with Gasteiger partial charge in [-0.1, -0.05) is 42.8 Å². The third-order valence-electron chi connectivity index (χ3n) is 3.97. The molecular weight excluding hydrogens is 381 g/mol. The standard InChI is InChI=1S/C21H19ClFN3O2/c1-2-12-26(20(27)11-10-15-6-5-7-16(23)13-15)14-19-24-25-21(28-19)17-8-3-4-9-18(17)22/h3-11,13H,2,12,14H2,1H3/b11-10+. The predicted molar refractivity (Wildman–Crippen MR) is 106 cm³/mol. The van der Waals surface area contributed by atoms with Gasteiger partial charge in [0.05, 0.1) is 17.1 Å². The van der Waals surface area contributed by atoms with Gasteiger partial charge in [-0.25, -0.2) is 4.39 Å². The molecule has 0 saturated carbocycles. The Bertz CT molecular complexity index is 987. The molecule has 7 heteroatoms. The molecule has 0 saturated heterocycles. The van der Waals surface area contributed by atoms with E-state index in [1.54, 1.807) is 35.2 Å². The van der Waals surface area contributed by atoms with Crippen molar-refractivity contribution >= 4 is 23.6 Å². The summed E-state index contributed by atoms with van der Waals surface area (Å²) in [5.74, 6) is 0.0530. The third kappa shape index (κ3) is 5.04. The van der Waals surface area contributed by atoms with E-state index in [0.29, 0.717) is 34.5 Å². The number of halogens is 2. The van der Waals surface area contributed by atoms with Gasteiger partial charge in [-0.15, -0.1) is 10.2 Å². The molecule has 0 radical (unpaired) electrons. The first-order valence-electron chi connectivity index (χ1n) is 8.86. The smallest absolute Gasteiger partial charge is 0.249 e. The van der Waals surface area contributed by atoms with Gasteiger partial charge in [0.2, 0.25) is 17.7 Å². The molecule has 0 bridgehead atoms. The Morgan fingerprint density at radius 2 is 2.04 bits per heavy atom. The van der Waals surface area contributed by atoms with Crippen LogP contribution in [0.3, 0.4) is 0 Å². The summed E-state index contributed by atoms with van der Waals surface area (Å²) in [6, 6.07) is 13.2. The van der Waals surface area contributed by atoms with Crippen molar-refractivity contribution < 1.29 is 13.6 Å². The van der Waals surface area contributed by atoms with Crippen molar-refractivity contribution in [2.24, 2.45) is 0 Å². The van der Waals surface area contributed by atoms with Crippen molar-refractivity contribution in [2.75, 3.05) is 6.54 Å². The van der Waals surface area contributed by atoms with Crippen LogP contribution in [0.4, 0.5) is 4.39 Å². The van der Waals surface area contributed by atoms with Gasteiger partial charge in [0.25, 0.3) is 0 Å². The van der Waals surface area contributed by atoms with E-state index in [0.717, 1.165) is 6.42 Å². The molecule has 0 N–H and O–H groups in total. The number of benzene rings is 2. The summed E-state index contributed by atoms with van der Waals surface area (Å²) in [5, 5.41) is 8.56. The zero-order valence-electron chi connectivity index (χ0n) is 15.3. The van der Waals surface area contributed by atoms with Crippen LogP contribution in [0.25, 0.3) is 17.5 Å². The van der Waals surface area contributed by atoms with Crippen molar-refractivity contribution in [3.05, 3.63) is 76.9 Å². The largest absolute Gasteiger partial charge is 0.419 e. The topological polar surface area (TPSA) is 59.2 Å². The lowest BCUT2D eigenvalue weighted by molar-refractivity contribution is -0.126. The van der Waals surface area contributed by atoms with Crippen LogP contribution in [0.2, 0.25) is 5.02 Å². The molecule has 2 aromatic carbocycles. The Morgan fingerprint density at radius 1 is 1.21 bits per heavy atom. The van der Waals surface area contributed by atoms with E-state index in [4.69, 9.17) is 16.0 Å². The van der Waals surface area contributed by atoms with Crippen molar-refractivity contribution in [1.82, 2.24) is 15.1 Å². The summed E-state index contributed by atoms with van der Waals surface area (Å²) in [5.41, 5.74) is 1.26. The summed E-state index contributed by atoms with van der Waals surface area (Å²) in [6.07, 6.45) is 3.76. The van der Waals surface area contributed by atoms with E-state index in [-0.39, 0.29) is 18.3 Å². The molecule has 0 aliphatic carbocycles. The molecular formula is C21H19ClFN3O2. The van der Waals surface area contributed by atoms with E-state index < -0.39 is 0 Å². The fourth-order valence-electron chi connectivity index (χ4n) is 2.64. The SMILES string of the molecule is CCCN(Cc1nnc(-c2ccccc2Cl)o1)C(=O)/C=C/c1cccc(F)c1. The molecule has 3 aromatic rings. The van der Waals surface area contributed by atoms with Crippen LogP contribution >= 0.6 is 11.6 Å². The number of amides is 1. The second-order valence-corrected chi connectivity index (χ2v) is 6.54. The Hall–Kier alpha value is -2.99. The van der Waals surface area contributed by atoms with E-state index >= 15 is 0 Å². The third-order valence-corrected chi connectivity index (χ3v) is 4.30. The Kier molecular flexibility index (Phi) is 6.55. The summed E-state index contributed by atoms with van der Waals surface area (Å²) < 4.78 is 18.9. The molecule has 144 valence electrons. The average molecular weight is 400 g/mol. The van der Waals surface area contributed by atoms with Crippen LogP contribution in [0.15, 0.2) is 59.0 Å². The van der Waals surface area contributed by atoms with Crippen LogP contribution in [-0.4, -0.2) is 27.5 Å². The maximum Gasteiger partial charge on any atom is 0.249 e. The number of carbonyl (C=O) groups excluding carboxylic acids is 1. The molecule has 0 aliphatic rings. The Labute approximate surface area is 167 Å². The van der Waals surface area contributed by atoms with Gasteiger partial charge in [-0.3, -0.25) is 4.79 Å². The zero-order chi connectivity index (χ0) is 19.9. The van der Waals surface area contributed by atoms with Crippen LogP contribution in [0, 0.1) is 5.82 Å². The van der Waals surface area contributed by atoms with Gasteiger partial charge in [-0.2, -0.15) is 0 Å². The summed E-state index contributed by atoms with van der Waals surface area (Å²) in [7, 11) is 0. The molecule has 1 aromatic heterocycles. The highest BCUT2D eigenvalue weighted by atomic mass is 35.5. The Morgan fingerprint density at radius 3 is 2.79 bits per heavy atom. The Balaban J connectivity index is 1.72. The van der Waals surface area contributed by atoms with Gasteiger partial charge in [0, 0.05) is 12.6 Å². The predicted octanol–water partition coefficient (Wildman–Crippen LogP) is 4.98. The molecule has 0 spiro atoms. The van der Waals surface area contributed by atoms with E-state index in [1.165, 1.54) is 18.2 Å². The average Bonchev–Trinajstić information content (AvgIpc) is 3.14. The fraction of sp³-hybridized carbons (Fsp3) is 0.190. The van der Waals surface area contributed by atoms with Crippen LogP contribution in [-0.2, 0) is 11.3 Å². The minimum absolute atomic E-state index is 0.178. The maximum absolute atomic E-state index is 13.3. The summed E-state index contributed by atoms with van der Waals surface area (Å²) in [4.78, 5) is 14.2. The second-order valence-electron chi connectivity index (χ2n) is 6.13. The number of hydrogen-bond donors (Lipinski definition) is 0. The first-order valence-corrected chi connectivity index (χ1v) is 9.24. The lowest BCUT2D eigenvalue weighted by Gasteiger charge is -2.18. The number of hydrogen-bond acceptors (Lipinski definition) is 4. The number of aromatic nitrogens is 2. The van der Waals surface area contributed by atoms with Crippen LogP contribution in [0.5, 0.6) is 0 Å². The highest BCUT2D eigenvalue weighted by molar-refractivity contribution is 6.33. The molecule has 5 nitrogen and oxygen atoms in total. The van der Waals surface area contributed by atoms with Crippen LogP contribution in [0.1, 0.15) is 24.8 Å². The summed E-state index contributed by atoms with van der Waals surface area (Å²) in [6.45, 7) is 2.67. The number of carbonyl (C=O) groups is 1. The minimum atomic E-state index is -0.349. The van der Waals surface area contributed by atoms with Crippen molar-refractivity contribution in [2.45, 2.75) is 19.9 Å². The molecule has 0 aliphatic heterocycles. The molecule has 0 fully saturated rings. The molecule has 1 heterocycles. The zero-order valence-corrected chi connectivity index (χ0v) is 16.1. The molecule has 28 heavy (non-hydrogen) atoms. The maximum atomic E-state index is 13.3. The van der Waals surface area contributed by atoms with Crippen molar-refractivity contribution in [3.63, 3.8) is 0 Å². The lowest BCUT2D eigenvalue weighted by atomic mass is 10.2. The first kappa shape index (κ1) is 19.8. The van der Waals surface area contributed by atoms with Gasteiger partial charge in [0.15, 0.2) is 0 Å². The highest BCUT2D eigenvalue weighted by Crippen LogP contribution is 2.26. The molecule has 1 amide bonds. The lowest BCUT2D eigenvalue weighted by Crippen LogP contribution is -2.29. The number of rotatable bonds is 7. The molecule has 0 unspecified atom stereocenters.